The van der Waals surface area contributed by atoms with Crippen LogP contribution in [0.15, 0.2) is 66.7 Å². The summed E-state index contributed by atoms with van der Waals surface area (Å²) in [6.07, 6.45) is 2.63. The molecule has 1 saturated carbocycles. The average Bonchev–Trinajstić information content (AvgIpc) is 3.89. The second-order valence-electron chi connectivity index (χ2n) is 14.4. The highest BCUT2D eigenvalue weighted by atomic mass is 35.5. The fraction of sp³-hybridized carbons (Fsp3) is 0.450. The van der Waals surface area contributed by atoms with Crippen LogP contribution in [0.25, 0.3) is 22.2 Å². The van der Waals surface area contributed by atoms with Crippen LogP contribution in [0.2, 0.25) is 5.02 Å². The molecule has 264 valence electrons. The van der Waals surface area contributed by atoms with Crippen molar-refractivity contribution in [2.75, 3.05) is 26.2 Å². The quantitative estimate of drug-likeness (QED) is 0.188. The molecule has 3 heterocycles. The number of rotatable bonds is 9. The van der Waals surface area contributed by atoms with Gasteiger partial charge in [0, 0.05) is 29.1 Å². The Bertz CT molecular complexity index is 1850. The monoisotopic (exact) mass is 704 g/mol. The first-order chi connectivity index (χ1) is 24.0. The molecule has 2 saturated heterocycles. The first kappa shape index (κ1) is 34.8. The van der Waals surface area contributed by atoms with Gasteiger partial charge in [0.2, 0.25) is 0 Å². The standard InChI is InChI=1S/C40H44ClF3N4O2/c1-26(2)50-35-23-31-34(24-33(35)41)45-37(27-10-9-13-29(22-27)40(42,43)44)32(25-47-20-14-30(15-21-47)48-18-7-4-8-19-48)36(31)38(49)46-39(16-17-39)28-11-5-3-6-12-28/h3,5-6,9-13,22-24,26,30H,4,7-8,14-21,25H2,1-2H3,(H,46,49). The van der Waals surface area contributed by atoms with Crippen molar-refractivity contribution in [3.05, 3.63) is 94.0 Å². The summed E-state index contributed by atoms with van der Waals surface area (Å²) in [5, 5.41) is 4.23. The molecular formula is C40H44ClF3N4O2. The molecule has 3 aromatic carbocycles. The predicted octanol–water partition coefficient (Wildman–Crippen LogP) is 9.23. The van der Waals surface area contributed by atoms with Gasteiger partial charge in [0.15, 0.2) is 0 Å². The molecule has 1 amide bonds. The van der Waals surface area contributed by atoms with Gasteiger partial charge in [0.25, 0.3) is 5.91 Å². The number of likely N-dealkylation sites (tertiary alicyclic amines) is 2. The Morgan fingerprint density at radius 1 is 0.980 bits per heavy atom. The number of halogens is 4. The van der Waals surface area contributed by atoms with E-state index in [1.807, 2.05) is 44.2 Å². The summed E-state index contributed by atoms with van der Waals surface area (Å²) in [4.78, 5) is 24.8. The minimum atomic E-state index is -4.54. The van der Waals surface area contributed by atoms with Gasteiger partial charge in [-0.3, -0.25) is 9.69 Å². The van der Waals surface area contributed by atoms with Gasteiger partial charge in [0.05, 0.1) is 39.0 Å². The third-order valence-corrected chi connectivity index (χ3v) is 10.8. The van der Waals surface area contributed by atoms with Crippen molar-refractivity contribution in [3.8, 4) is 17.0 Å². The number of nitrogens with one attached hydrogen (secondary N) is 1. The van der Waals surface area contributed by atoms with Crippen LogP contribution in [0.4, 0.5) is 13.2 Å². The maximum Gasteiger partial charge on any atom is 0.416 e. The van der Waals surface area contributed by atoms with E-state index in [-0.39, 0.29) is 12.0 Å². The minimum absolute atomic E-state index is 0.173. The number of amides is 1. The van der Waals surface area contributed by atoms with E-state index >= 15 is 0 Å². The van der Waals surface area contributed by atoms with Gasteiger partial charge in [-0.1, -0.05) is 60.5 Å². The van der Waals surface area contributed by atoms with E-state index in [0.717, 1.165) is 69.6 Å². The molecule has 0 radical (unpaired) electrons. The van der Waals surface area contributed by atoms with Gasteiger partial charge in [0.1, 0.15) is 5.75 Å². The molecule has 1 aromatic heterocycles. The van der Waals surface area contributed by atoms with Crippen molar-refractivity contribution in [1.29, 1.82) is 0 Å². The van der Waals surface area contributed by atoms with Gasteiger partial charge in [-0.25, -0.2) is 4.98 Å². The summed E-state index contributed by atoms with van der Waals surface area (Å²) in [6.45, 7) is 8.08. The molecule has 0 spiro atoms. The van der Waals surface area contributed by atoms with Crippen LogP contribution in [0.3, 0.4) is 0 Å². The molecule has 4 aromatic rings. The number of carbonyl (C=O) groups is 1. The highest BCUT2D eigenvalue weighted by molar-refractivity contribution is 6.33. The third-order valence-electron chi connectivity index (χ3n) is 10.5. The lowest BCUT2D eigenvalue weighted by Gasteiger charge is -2.40. The lowest BCUT2D eigenvalue weighted by molar-refractivity contribution is -0.137. The number of alkyl halides is 3. The normalized spacial score (nSPS) is 18.8. The predicted molar refractivity (Wildman–Crippen MR) is 191 cm³/mol. The molecule has 50 heavy (non-hydrogen) atoms. The second-order valence-corrected chi connectivity index (χ2v) is 14.8. The molecule has 0 atom stereocenters. The summed E-state index contributed by atoms with van der Waals surface area (Å²) < 4.78 is 48.2. The van der Waals surface area contributed by atoms with Crippen molar-refractivity contribution < 1.29 is 22.7 Å². The maximum atomic E-state index is 14.8. The zero-order valence-electron chi connectivity index (χ0n) is 28.7. The van der Waals surface area contributed by atoms with Gasteiger partial charge in [-0.2, -0.15) is 13.2 Å². The summed E-state index contributed by atoms with van der Waals surface area (Å²) in [6, 6.07) is 19.1. The summed E-state index contributed by atoms with van der Waals surface area (Å²) in [5.74, 6) is 0.136. The van der Waals surface area contributed by atoms with E-state index in [0.29, 0.717) is 56.6 Å². The number of nitrogens with zero attached hydrogens (tertiary/aromatic N) is 3. The van der Waals surface area contributed by atoms with Gasteiger partial charge in [-0.05, 0) is 108 Å². The van der Waals surface area contributed by atoms with Gasteiger partial charge >= 0.3 is 6.18 Å². The fourth-order valence-electron chi connectivity index (χ4n) is 7.74. The number of hydrogen-bond donors (Lipinski definition) is 1. The van der Waals surface area contributed by atoms with Crippen LogP contribution < -0.4 is 10.1 Å². The van der Waals surface area contributed by atoms with Crippen LogP contribution >= 0.6 is 11.6 Å². The number of pyridine rings is 1. The van der Waals surface area contributed by atoms with Crippen molar-refractivity contribution in [1.82, 2.24) is 20.1 Å². The number of hydrogen-bond acceptors (Lipinski definition) is 5. The SMILES string of the molecule is CC(C)Oc1cc2c(C(=O)NC3(c4ccccc4)CC3)c(CN3CCC(N4CCCCC4)CC3)c(-c3cccc(C(F)(F)F)c3)nc2cc1Cl. The highest BCUT2D eigenvalue weighted by Crippen LogP contribution is 2.46. The zero-order chi connectivity index (χ0) is 35.0. The number of carbonyl (C=O) groups excluding carboxylic acids is 1. The van der Waals surface area contributed by atoms with E-state index in [9.17, 15) is 18.0 Å². The number of benzene rings is 3. The van der Waals surface area contributed by atoms with E-state index in [4.69, 9.17) is 21.3 Å². The van der Waals surface area contributed by atoms with Crippen LogP contribution in [0.5, 0.6) is 5.75 Å². The van der Waals surface area contributed by atoms with E-state index in [1.54, 1.807) is 18.2 Å². The van der Waals surface area contributed by atoms with Crippen molar-refractivity contribution in [2.24, 2.45) is 0 Å². The molecule has 2 aliphatic heterocycles. The Morgan fingerprint density at radius 2 is 1.70 bits per heavy atom. The lowest BCUT2D eigenvalue weighted by Crippen LogP contribution is -2.46. The Morgan fingerprint density at radius 3 is 2.36 bits per heavy atom. The number of piperidine rings is 2. The summed E-state index contributed by atoms with van der Waals surface area (Å²) in [7, 11) is 0. The lowest BCUT2D eigenvalue weighted by atomic mass is 9.93. The molecule has 3 fully saturated rings. The molecule has 0 unspecified atom stereocenters. The van der Waals surface area contributed by atoms with Gasteiger partial charge in [-0.15, -0.1) is 0 Å². The largest absolute Gasteiger partial charge is 0.489 e. The molecule has 1 aliphatic carbocycles. The first-order valence-corrected chi connectivity index (χ1v) is 18.2. The molecule has 10 heteroatoms. The van der Waals surface area contributed by atoms with Crippen LogP contribution in [-0.4, -0.2) is 59.0 Å². The maximum absolute atomic E-state index is 14.8. The van der Waals surface area contributed by atoms with Crippen LogP contribution in [0, 0.1) is 0 Å². The molecule has 1 N–H and O–H groups in total. The average molecular weight is 705 g/mol. The highest BCUT2D eigenvalue weighted by Gasteiger charge is 2.46. The molecule has 6 nitrogen and oxygen atoms in total. The summed E-state index contributed by atoms with van der Waals surface area (Å²) >= 11 is 6.71. The van der Waals surface area contributed by atoms with E-state index in [2.05, 4.69) is 15.1 Å². The minimum Gasteiger partial charge on any atom is -0.489 e. The number of aromatic nitrogens is 1. The molecule has 3 aliphatic rings. The summed E-state index contributed by atoms with van der Waals surface area (Å²) in [5.41, 5.74) is 1.81. The number of ether oxygens (including phenoxy) is 1. The smallest absolute Gasteiger partial charge is 0.416 e. The van der Waals surface area contributed by atoms with Crippen molar-refractivity contribution in [2.45, 2.75) is 89.2 Å². The van der Waals surface area contributed by atoms with Crippen molar-refractivity contribution >= 4 is 28.4 Å². The number of fused-ring (bicyclic) bond motifs is 1. The molecule has 7 rings (SSSR count). The Labute approximate surface area is 297 Å². The van der Waals surface area contributed by atoms with Gasteiger partial charge < -0.3 is 15.0 Å². The second kappa shape index (κ2) is 14.2. The Hall–Kier alpha value is -3.66. The zero-order valence-corrected chi connectivity index (χ0v) is 29.4. The topological polar surface area (TPSA) is 57.7 Å². The van der Waals surface area contributed by atoms with Crippen LogP contribution in [0.1, 0.15) is 85.8 Å². The Balaban J connectivity index is 1.36. The fourth-order valence-corrected chi connectivity index (χ4v) is 7.94. The third kappa shape index (κ3) is 7.37. The van der Waals surface area contributed by atoms with Crippen LogP contribution in [-0.2, 0) is 18.3 Å². The molecular weight excluding hydrogens is 661 g/mol. The Kier molecular flexibility index (Phi) is 9.85. The first-order valence-electron chi connectivity index (χ1n) is 17.9. The van der Waals surface area contributed by atoms with E-state index < -0.39 is 17.3 Å². The molecule has 0 bridgehead atoms. The van der Waals surface area contributed by atoms with Crippen molar-refractivity contribution in [3.63, 3.8) is 0 Å². The van der Waals surface area contributed by atoms with E-state index in [1.165, 1.54) is 25.3 Å².